The highest BCUT2D eigenvalue weighted by Gasteiger charge is 2.19. The van der Waals surface area contributed by atoms with Crippen LogP contribution in [0, 0.1) is 6.92 Å². The van der Waals surface area contributed by atoms with Gasteiger partial charge in [-0.3, -0.25) is 0 Å². The SMILES string of the molecule is COc1ccc(NC(C(=O)O)c2cccc(C)c2)cc1. The normalized spacial score (nSPS) is 11.7. The van der Waals surface area contributed by atoms with Crippen LogP contribution in [0.2, 0.25) is 0 Å². The minimum Gasteiger partial charge on any atom is -0.497 e. The first kappa shape index (κ1) is 13.9. The van der Waals surface area contributed by atoms with Crippen LogP contribution in [-0.2, 0) is 4.79 Å². The van der Waals surface area contributed by atoms with E-state index in [1.165, 1.54) is 0 Å². The topological polar surface area (TPSA) is 58.6 Å². The lowest BCUT2D eigenvalue weighted by atomic mass is 10.0. The lowest BCUT2D eigenvalue weighted by Gasteiger charge is -2.17. The lowest BCUT2D eigenvalue weighted by Crippen LogP contribution is -2.20. The van der Waals surface area contributed by atoms with Gasteiger partial charge in [0.2, 0.25) is 0 Å². The van der Waals surface area contributed by atoms with Crippen molar-refractivity contribution in [3.63, 3.8) is 0 Å². The first-order valence-electron chi connectivity index (χ1n) is 6.30. The molecule has 104 valence electrons. The van der Waals surface area contributed by atoms with Crippen molar-refractivity contribution in [2.75, 3.05) is 12.4 Å². The van der Waals surface area contributed by atoms with Gasteiger partial charge in [0.05, 0.1) is 7.11 Å². The molecule has 0 saturated heterocycles. The van der Waals surface area contributed by atoms with Gasteiger partial charge in [-0.05, 0) is 36.8 Å². The van der Waals surface area contributed by atoms with Gasteiger partial charge in [-0.15, -0.1) is 0 Å². The molecule has 0 fully saturated rings. The van der Waals surface area contributed by atoms with Gasteiger partial charge in [0.1, 0.15) is 5.75 Å². The van der Waals surface area contributed by atoms with Gasteiger partial charge in [0.25, 0.3) is 0 Å². The zero-order chi connectivity index (χ0) is 14.5. The fourth-order valence-electron chi connectivity index (χ4n) is 1.99. The number of carbonyl (C=O) groups is 1. The number of hydrogen-bond acceptors (Lipinski definition) is 3. The molecule has 0 aliphatic carbocycles. The summed E-state index contributed by atoms with van der Waals surface area (Å²) >= 11 is 0. The third-order valence-electron chi connectivity index (χ3n) is 3.02. The summed E-state index contributed by atoms with van der Waals surface area (Å²) in [6.45, 7) is 1.94. The van der Waals surface area contributed by atoms with Crippen molar-refractivity contribution < 1.29 is 14.6 Å². The largest absolute Gasteiger partial charge is 0.497 e. The molecule has 1 atom stereocenters. The van der Waals surface area contributed by atoms with Gasteiger partial charge in [0, 0.05) is 5.69 Å². The molecule has 0 spiro atoms. The van der Waals surface area contributed by atoms with E-state index in [0.717, 1.165) is 22.6 Å². The molecule has 0 saturated carbocycles. The lowest BCUT2D eigenvalue weighted by molar-refractivity contribution is -0.138. The third-order valence-corrected chi connectivity index (χ3v) is 3.02. The van der Waals surface area contributed by atoms with E-state index >= 15 is 0 Å². The molecule has 2 aromatic rings. The predicted octanol–water partition coefficient (Wildman–Crippen LogP) is 3.24. The summed E-state index contributed by atoms with van der Waals surface area (Å²) in [4.78, 5) is 11.5. The Labute approximate surface area is 118 Å². The number of carboxylic acid groups (broad SMARTS) is 1. The average Bonchev–Trinajstić information content (AvgIpc) is 2.45. The summed E-state index contributed by atoms with van der Waals surface area (Å²) in [6.07, 6.45) is 0. The van der Waals surface area contributed by atoms with Crippen LogP contribution in [0.5, 0.6) is 5.75 Å². The minimum absolute atomic E-state index is 0.730. The second-order valence-electron chi connectivity index (χ2n) is 4.56. The van der Waals surface area contributed by atoms with Gasteiger partial charge in [-0.25, -0.2) is 4.79 Å². The highest BCUT2D eigenvalue weighted by atomic mass is 16.5. The molecule has 0 amide bonds. The zero-order valence-corrected chi connectivity index (χ0v) is 11.5. The van der Waals surface area contributed by atoms with Crippen molar-refractivity contribution in [1.82, 2.24) is 0 Å². The van der Waals surface area contributed by atoms with Crippen LogP contribution in [0.25, 0.3) is 0 Å². The Kier molecular flexibility index (Phi) is 4.25. The maximum atomic E-state index is 11.5. The van der Waals surface area contributed by atoms with Crippen molar-refractivity contribution in [2.24, 2.45) is 0 Å². The van der Waals surface area contributed by atoms with E-state index in [2.05, 4.69) is 5.32 Å². The van der Waals surface area contributed by atoms with Crippen molar-refractivity contribution in [1.29, 1.82) is 0 Å². The molecular formula is C16H17NO3. The Morgan fingerprint density at radius 2 is 1.90 bits per heavy atom. The molecule has 0 aliphatic rings. The monoisotopic (exact) mass is 271 g/mol. The highest BCUT2D eigenvalue weighted by Crippen LogP contribution is 2.22. The Balaban J connectivity index is 2.23. The number of aryl methyl sites for hydroxylation is 1. The number of hydrogen-bond donors (Lipinski definition) is 2. The molecule has 4 heteroatoms. The molecule has 4 nitrogen and oxygen atoms in total. The third kappa shape index (κ3) is 3.29. The number of rotatable bonds is 5. The molecule has 2 aromatic carbocycles. The van der Waals surface area contributed by atoms with Gasteiger partial charge in [0.15, 0.2) is 6.04 Å². The Hall–Kier alpha value is -2.49. The fraction of sp³-hybridized carbons (Fsp3) is 0.188. The number of benzene rings is 2. The first-order valence-corrected chi connectivity index (χ1v) is 6.30. The highest BCUT2D eigenvalue weighted by molar-refractivity contribution is 5.79. The van der Waals surface area contributed by atoms with Crippen LogP contribution in [0.1, 0.15) is 17.2 Å². The van der Waals surface area contributed by atoms with Gasteiger partial charge >= 0.3 is 5.97 Å². The van der Waals surface area contributed by atoms with Crippen LogP contribution >= 0.6 is 0 Å². The molecule has 0 bridgehead atoms. The van der Waals surface area contributed by atoms with Gasteiger partial charge in [-0.2, -0.15) is 0 Å². The summed E-state index contributed by atoms with van der Waals surface area (Å²) in [6, 6.07) is 13.9. The summed E-state index contributed by atoms with van der Waals surface area (Å²) in [7, 11) is 1.59. The Morgan fingerprint density at radius 1 is 1.20 bits per heavy atom. The number of anilines is 1. The summed E-state index contributed by atoms with van der Waals surface area (Å²) in [5.74, 6) is -0.176. The van der Waals surface area contributed by atoms with E-state index in [9.17, 15) is 9.90 Å². The van der Waals surface area contributed by atoms with Crippen LogP contribution in [0.4, 0.5) is 5.69 Å². The van der Waals surface area contributed by atoms with Crippen LogP contribution in [0.15, 0.2) is 48.5 Å². The van der Waals surface area contributed by atoms with E-state index in [0.29, 0.717) is 0 Å². The molecule has 2 rings (SSSR count). The number of aliphatic carboxylic acids is 1. The molecule has 0 aromatic heterocycles. The summed E-state index contributed by atoms with van der Waals surface area (Å²) in [5, 5.41) is 12.4. The van der Waals surface area contributed by atoms with Crippen LogP contribution in [0.3, 0.4) is 0 Å². The standard InChI is InChI=1S/C16H17NO3/c1-11-4-3-5-12(10-11)15(16(18)19)17-13-6-8-14(20-2)9-7-13/h3-10,15,17H,1-2H3,(H,18,19). The summed E-state index contributed by atoms with van der Waals surface area (Å²) < 4.78 is 5.08. The predicted molar refractivity (Wildman–Crippen MR) is 78.2 cm³/mol. The molecular weight excluding hydrogens is 254 g/mol. The van der Waals surface area contributed by atoms with E-state index in [-0.39, 0.29) is 0 Å². The second-order valence-corrected chi connectivity index (χ2v) is 4.56. The van der Waals surface area contributed by atoms with Crippen LogP contribution in [-0.4, -0.2) is 18.2 Å². The summed E-state index contributed by atoms with van der Waals surface area (Å²) in [5.41, 5.74) is 2.50. The average molecular weight is 271 g/mol. The fourth-order valence-corrected chi connectivity index (χ4v) is 1.99. The Morgan fingerprint density at radius 3 is 2.45 bits per heavy atom. The molecule has 2 N–H and O–H groups in total. The van der Waals surface area contributed by atoms with Gasteiger partial charge in [-0.1, -0.05) is 29.8 Å². The number of methoxy groups -OCH3 is 1. The van der Waals surface area contributed by atoms with Crippen molar-refractivity contribution in [2.45, 2.75) is 13.0 Å². The zero-order valence-electron chi connectivity index (χ0n) is 11.5. The van der Waals surface area contributed by atoms with E-state index in [1.807, 2.05) is 31.2 Å². The second kappa shape index (κ2) is 6.10. The molecule has 1 unspecified atom stereocenters. The number of carboxylic acids is 1. The van der Waals surface area contributed by atoms with E-state index in [4.69, 9.17) is 4.74 Å². The number of ether oxygens (including phenoxy) is 1. The van der Waals surface area contributed by atoms with Crippen molar-refractivity contribution >= 4 is 11.7 Å². The molecule has 0 radical (unpaired) electrons. The first-order chi connectivity index (χ1) is 9.60. The molecule has 20 heavy (non-hydrogen) atoms. The maximum absolute atomic E-state index is 11.5. The van der Waals surface area contributed by atoms with E-state index < -0.39 is 12.0 Å². The molecule has 0 heterocycles. The van der Waals surface area contributed by atoms with Gasteiger partial charge < -0.3 is 15.2 Å². The maximum Gasteiger partial charge on any atom is 0.330 e. The quantitative estimate of drug-likeness (QED) is 0.876. The van der Waals surface area contributed by atoms with Crippen molar-refractivity contribution in [3.05, 3.63) is 59.7 Å². The van der Waals surface area contributed by atoms with E-state index in [1.54, 1.807) is 31.4 Å². The molecule has 0 aliphatic heterocycles. The number of nitrogens with one attached hydrogen (secondary N) is 1. The Bertz CT molecular complexity index is 593. The van der Waals surface area contributed by atoms with Crippen molar-refractivity contribution in [3.8, 4) is 5.75 Å². The smallest absolute Gasteiger partial charge is 0.330 e. The van der Waals surface area contributed by atoms with Crippen LogP contribution < -0.4 is 10.1 Å². The minimum atomic E-state index is -0.911.